The van der Waals surface area contributed by atoms with E-state index in [9.17, 15) is 13.2 Å². The third-order valence-electron chi connectivity index (χ3n) is 6.24. The summed E-state index contributed by atoms with van der Waals surface area (Å²) < 4.78 is 56.5. The largest absolute Gasteiger partial charge is 0.416 e. The Morgan fingerprint density at radius 3 is 1.59 bits per heavy atom. The molecule has 0 fully saturated rings. The van der Waals surface area contributed by atoms with E-state index in [0.717, 1.165) is 50.5 Å². The van der Waals surface area contributed by atoms with Gasteiger partial charge in [-0.05, 0) is 64.2 Å². The third kappa shape index (κ3) is 11.5. The molecule has 0 spiro atoms. The van der Waals surface area contributed by atoms with Crippen molar-refractivity contribution in [2.45, 2.75) is 117 Å². The van der Waals surface area contributed by atoms with E-state index >= 15 is 0 Å². The molecule has 0 aliphatic rings. The second kappa shape index (κ2) is 17.3. The summed E-state index contributed by atoms with van der Waals surface area (Å²) in [6.45, 7) is 9.73. The van der Waals surface area contributed by atoms with Gasteiger partial charge in [0.15, 0.2) is 0 Å². The summed E-state index contributed by atoms with van der Waals surface area (Å²) in [6.07, 6.45) is 8.86. The fourth-order valence-electron chi connectivity index (χ4n) is 4.51. The maximum absolute atomic E-state index is 12.7. The Morgan fingerprint density at radius 2 is 1.12 bits per heavy atom. The molecule has 1 aromatic carbocycles. The highest BCUT2D eigenvalue weighted by molar-refractivity contribution is 5.24. The minimum Gasteiger partial charge on any atom is -0.328 e. The van der Waals surface area contributed by atoms with Crippen LogP contribution in [0, 0.1) is 5.92 Å². The van der Waals surface area contributed by atoms with Gasteiger partial charge in [0, 0.05) is 25.7 Å². The standard InChI is InChI=1S/C28H47F3O3/c1-5-9-10-11-12-15-18-26(28(32-6-2,33-7-3)34-8-4)19-16-13-14-17-24-20-22-25(23-21-24)27(29,30)31/h20-23,26H,5-19H2,1-4H3. The van der Waals surface area contributed by atoms with Crippen LogP contribution in [0.3, 0.4) is 0 Å². The van der Waals surface area contributed by atoms with Crippen molar-refractivity contribution in [2.24, 2.45) is 5.92 Å². The Morgan fingerprint density at radius 1 is 0.647 bits per heavy atom. The van der Waals surface area contributed by atoms with Crippen molar-refractivity contribution >= 4 is 0 Å². The van der Waals surface area contributed by atoms with Gasteiger partial charge in [0.25, 0.3) is 5.97 Å². The molecule has 0 amide bonds. The molecule has 0 saturated heterocycles. The predicted octanol–water partition coefficient (Wildman–Crippen LogP) is 8.94. The van der Waals surface area contributed by atoms with Crippen molar-refractivity contribution in [1.29, 1.82) is 0 Å². The molecule has 1 aromatic rings. The Labute approximate surface area is 205 Å². The summed E-state index contributed by atoms with van der Waals surface area (Å²) in [4.78, 5) is 0. The molecule has 0 heterocycles. The number of halogens is 3. The van der Waals surface area contributed by atoms with Crippen LogP contribution >= 0.6 is 0 Å². The number of ether oxygens (including phenoxy) is 3. The van der Waals surface area contributed by atoms with E-state index in [1.165, 1.54) is 44.2 Å². The van der Waals surface area contributed by atoms with Crippen LogP contribution in [0.5, 0.6) is 0 Å². The van der Waals surface area contributed by atoms with Crippen molar-refractivity contribution in [2.75, 3.05) is 19.8 Å². The first-order valence-corrected chi connectivity index (χ1v) is 13.4. The van der Waals surface area contributed by atoms with Crippen molar-refractivity contribution in [3.05, 3.63) is 35.4 Å². The predicted molar refractivity (Wildman–Crippen MR) is 133 cm³/mol. The van der Waals surface area contributed by atoms with E-state index in [1.54, 1.807) is 12.1 Å². The van der Waals surface area contributed by atoms with Crippen LogP contribution in [0.15, 0.2) is 24.3 Å². The summed E-state index contributed by atoms with van der Waals surface area (Å²) in [6, 6.07) is 5.53. The van der Waals surface area contributed by atoms with Crippen LogP contribution in [0.1, 0.15) is 109 Å². The van der Waals surface area contributed by atoms with Crippen molar-refractivity contribution in [1.82, 2.24) is 0 Å². The fraction of sp³-hybridized carbons (Fsp3) is 0.786. The zero-order valence-corrected chi connectivity index (χ0v) is 21.9. The fourth-order valence-corrected chi connectivity index (χ4v) is 4.51. The molecule has 0 aromatic heterocycles. The van der Waals surface area contributed by atoms with Crippen LogP contribution in [0.25, 0.3) is 0 Å². The monoisotopic (exact) mass is 488 g/mol. The first kappa shape index (κ1) is 30.9. The van der Waals surface area contributed by atoms with E-state index in [1.807, 2.05) is 20.8 Å². The lowest BCUT2D eigenvalue weighted by atomic mass is 9.91. The highest BCUT2D eigenvalue weighted by atomic mass is 19.4. The van der Waals surface area contributed by atoms with Gasteiger partial charge < -0.3 is 14.2 Å². The van der Waals surface area contributed by atoms with Crippen LogP contribution in [0.4, 0.5) is 13.2 Å². The first-order chi connectivity index (χ1) is 16.3. The lowest BCUT2D eigenvalue weighted by molar-refractivity contribution is -0.403. The van der Waals surface area contributed by atoms with Crippen LogP contribution in [0.2, 0.25) is 0 Å². The van der Waals surface area contributed by atoms with Crippen LogP contribution in [-0.2, 0) is 26.8 Å². The van der Waals surface area contributed by atoms with Gasteiger partial charge in [0.2, 0.25) is 0 Å². The van der Waals surface area contributed by atoms with Crippen molar-refractivity contribution in [3.63, 3.8) is 0 Å². The lowest BCUT2D eigenvalue weighted by Gasteiger charge is -2.39. The molecule has 6 heteroatoms. The Bertz CT molecular complexity index is 599. The van der Waals surface area contributed by atoms with Crippen LogP contribution in [-0.4, -0.2) is 25.8 Å². The molecule has 1 unspecified atom stereocenters. The molecular weight excluding hydrogens is 441 g/mol. The van der Waals surface area contributed by atoms with Crippen molar-refractivity contribution < 1.29 is 27.4 Å². The molecule has 0 saturated carbocycles. The zero-order valence-electron chi connectivity index (χ0n) is 21.9. The van der Waals surface area contributed by atoms with Gasteiger partial charge in [-0.3, -0.25) is 0 Å². The molecule has 1 rings (SSSR count). The summed E-state index contributed by atoms with van der Waals surface area (Å²) in [5.74, 6) is -0.834. The van der Waals surface area contributed by atoms with E-state index in [-0.39, 0.29) is 5.92 Å². The molecule has 0 N–H and O–H groups in total. The van der Waals surface area contributed by atoms with Gasteiger partial charge in [-0.25, -0.2) is 0 Å². The summed E-state index contributed by atoms with van der Waals surface area (Å²) >= 11 is 0. The molecule has 3 nitrogen and oxygen atoms in total. The third-order valence-corrected chi connectivity index (χ3v) is 6.24. The number of benzene rings is 1. The number of hydrogen-bond acceptors (Lipinski definition) is 3. The SMILES string of the molecule is CCCCCCCCC(CCCCCc1ccc(C(F)(F)F)cc1)C(OCC)(OCC)OCC. The molecular formula is C28H47F3O3. The van der Waals surface area contributed by atoms with Crippen molar-refractivity contribution in [3.8, 4) is 0 Å². The quantitative estimate of drug-likeness (QED) is 0.135. The Kier molecular flexibility index (Phi) is 15.8. The number of hydrogen-bond donors (Lipinski definition) is 0. The Balaban J connectivity index is 2.63. The maximum Gasteiger partial charge on any atom is 0.416 e. The minimum atomic E-state index is -4.28. The molecule has 0 bridgehead atoms. The van der Waals surface area contributed by atoms with Crippen LogP contribution < -0.4 is 0 Å². The highest BCUT2D eigenvalue weighted by Crippen LogP contribution is 2.35. The number of aryl methyl sites for hydroxylation is 1. The van der Waals surface area contributed by atoms with Gasteiger partial charge in [-0.15, -0.1) is 0 Å². The van der Waals surface area contributed by atoms with E-state index in [0.29, 0.717) is 19.8 Å². The second-order valence-electron chi connectivity index (χ2n) is 8.95. The minimum absolute atomic E-state index is 0.157. The first-order valence-electron chi connectivity index (χ1n) is 13.4. The zero-order chi connectivity index (χ0) is 25.3. The molecule has 34 heavy (non-hydrogen) atoms. The van der Waals surface area contributed by atoms with Gasteiger partial charge in [-0.1, -0.05) is 70.4 Å². The normalized spacial score (nSPS) is 13.4. The van der Waals surface area contributed by atoms with Gasteiger partial charge >= 0.3 is 6.18 Å². The molecule has 0 aliphatic carbocycles. The topological polar surface area (TPSA) is 27.7 Å². The van der Waals surface area contributed by atoms with Gasteiger partial charge in [0.05, 0.1) is 5.56 Å². The number of alkyl halides is 3. The lowest BCUT2D eigenvalue weighted by Crippen LogP contribution is -2.46. The number of unbranched alkanes of at least 4 members (excludes halogenated alkanes) is 7. The second-order valence-corrected chi connectivity index (χ2v) is 8.95. The molecule has 0 radical (unpaired) electrons. The maximum atomic E-state index is 12.7. The summed E-state index contributed by atoms with van der Waals surface area (Å²) in [5.41, 5.74) is 0.358. The Hall–Kier alpha value is -1.11. The molecule has 1 atom stereocenters. The smallest absolute Gasteiger partial charge is 0.328 e. The average Bonchev–Trinajstić information content (AvgIpc) is 2.80. The highest BCUT2D eigenvalue weighted by Gasteiger charge is 2.41. The van der Waals surface area contributed by atoms with Gasteiger partial charge in [0.1, 0.15) is 0 Å². The molecule has 0 aliphatic heterocycles. The van der Waals surface area contributed by atoms with E-state index in [4.69, 9.17) is 14.2 Å². The summed E-state index contributed by atoms with van der Waals surface area (Å²) in [5, 5.41) is 0. The molecule has 198 valence electrons. The average molecular weight is 489 g/mol. The number of rotatable bonds is 20. The van der Waals surface area contributed by atoms with Gasteiger partial charge in [-0.2, -0.15) is 13.2 Å². The van der Waals surface area contributed by atoms with E-state index in [2.05, 4.69) is 6.92 Å². The van der Waals surface area contributed by atoms with E-state index < -0.39 is 17.7 Å². The summed E-state index contributed by atoms with van der Waals surface area (Å²) in [7, 11) is 0.